The maximum atomic E-state index is 12.5. The van der Waals surface area contributed by atoms with E-state index in [0.717, 1.165) is 44.8 Å². The van der Waals surface area contributed by atoms with E-state index in [1.807, 2.05) is 17.0 Å². The van der Waals surface area contributed by atoms with Crippen molar-refractivity contribution in [3.8, 4) is 0 Å². The van der Waals surface area contributed by atoms with Crippen LogP contribution in [0.25, 0.3) is 6.08 Å². The summed E-state index contributed by atoms with van der Waals surface area (Å²) in [5.74, 6) is 0.826. The zero-order chi connectivity index (χ0) is 18.5. The van der Waals surface area contributed by atoms with Gasteiger partial charge in [0.1, 0.15) is 5.76 Å². The molecule has 1 amide bonds. The van der Waals surface area contributed by atoms with Crippen molar-refractivity contribution in [2.45, 2.75) is 25.7 Å². The van der Waals surface area contributed by atoms with E-state index in [-0.39, 0.29) is 11.3 Å². The normalized spacial score (nSPS) is 23.5. The Morgan fingerprint density at radius 1 is 1.07 bits per heavy atom. The number of hydrogen-bond donors (Lipinski definition) is 0. The van der Waals surface area contributed by atoms with Crippen molar-refractivity contribution in [1.82, 2.24) is 9.80 Å². The van der Waals surface area contributed by atoms with Gasteiger partial charge in [-0.1, -0.05) is 30.3 Å². The van der Waals surface area contributed by atoms with E-state index in [1.54, 1.807) is 18.4 Å². The summed E-state index contributed by atoms with van der Waals surface area (Å²) in [6, 6.07) is 14.4. The summed E-state index contributed by atoms with van der Waals surface area (Å²) in [5.41, 5.74) is 1.69. The fraction of sp³-hybridized carbons (Fsp3) is 0.435. The molecular weight excluding hydrogens is 336 g/mol. The second-order valence-electron chi connectivity index (χ2n) is 7.97. The van der Waals surface area contributed by atoms with E-state index in [2.05, 4.69) is 35.2 Å². The quantitative estimate of drug-likeness (QED) is 0.756. The van der Waals surface area contributed by atoms with Gasteiger partial charge in [-0.25, -0.2) is 0 Å². The van der Waals surface area contributed by atoms with Gasteiger partial charge in [-0.2, -0.15) is 0 Å². The summed E-state index contributed by atoms with van der Waals surface area (Å²) in [6.07, 6.45) is 9.73. The SMILES string of the molecule is O=C(/C=C/c1ccco1)N1CC[C@@]2(CCCN(CCc3ccccc3)C2)C1. The molecule has 4 rings (SSSR count). The van der Waals surface area contributed by atoms with Gasteiger partial charge in [0, 0.05) is 37.7 Å². The molecule has 2 aromatic rings. The Balaban J connectivity index is 1.31. The third-order valence-electron chi connectivity index (χ3n) is 5.98. The fourth-order valence-electron chi connectivity index (χ4n) is 4.53. The Morgan fingerprint density at radius 3 is 2.78 bits per heavy atom. The maximum Gasteiger partial charge on any atom is 0.246 e. The van der Waals surface area contributed by atoms with E-state index < -0.39 is 0 Å². The van der Waals surface area contributed by atoms with Crippen molar-refractivity contribution in [1.29, 1.82) is 0 Å². The molecule has 142 valence electrons. The molecule has 0 N–H and O–H groups in total. The molecule has 2 fully saturated rings. The van der Waals surface area contributed by atoms with Gasteiger partial charge in [0.25, 0.3) is 0 Å². The van der Waals surface area contributed by atoms with E-state index >= 15 is 0 Å². The zero-order valence-corrected chi connectivity index (χ0v) is 15.8. The van der Waals surface area contributed by atoms with Crippen molar-refractivity contribution in [2.75, 3.05) is 32.7 Å². The summed E-state index contributed by atoms with van der Waals surface area (Å²) in [6.45, 7) is 5.16. The first-order valence-corrected chi connectivity index (χ1v) is 9.99. The Labute approximate surface area is 161 Å². The van der Waals surface area contributed by atoms with Gasteiger partial charge in [0.05, 0.1) is 6.26 Å². The molecule has 0 unspecified atom stereocenters. The predicted molar refractivity (Wildman–Crippen MR) is 107 cm³/mol. The van der Waals surface area contributed by atoms with Gasteiger partial charge in [0.2, 0.25) is 5.91 Å². The summed E-state index contributed by atoms with van der Waals surface area (Å²) in [5, 5.41) is 0. The molecule has 0 radical (unpaired) electrons. The van der Waals surface area contributed by atoms with Gasteiger partial charge in [-0.15, -0.1) is 0 Å². The topological polar surface area (TPSA) is 36.7 Å². The lowest BCUT2D eigenvalue weighted by atomic mass is 9.79. The van der Waals surface area contributed by atoms with Crippen LogP contribution in [0.5, 0.6) is 0 Å². The molecule has 0 bridgehead atoms. The molecule has 0 aliphatic carbocycles. The molecule has 1 atom stereocenters. The van der Waals surface area contributed by atoms with E-state index in [9.17, 15) is 4.79 Å². The number of hydrogen-bond acceptors (Lipinski definition) is 3. The highest BCUT2D eigenvalue weighted by molar-refractivity contribution is 5.91. The van der Waals surface area contributed by atoms with E-state index in [0.29, 0.717) is 0 Å². The summed E-state index contributed by atoms with van der Waals surface area (Å²) >= 11 is 0. The van der Waals surface area contributed by atoms with Crippen LogP contribution in [0.15, 0.2) is 59.2 Å². The van der Waals surface area contributed by atoms with Crippen LogP contribution in [0.1, 0.15) is 30.6 Å². The summed E-state index contributed by atoms with van der Waals surface area (Å²) in [4.78, 5) is 17.2. The molecule has 27 heavy (non-hydrogen) atoms. The molecule has 0 saturated carbocycles. The highest BCUT2D eigenvalue weighted by atomic mass is 16.3. The van der Waals surface area contributed by atoms with Gasteiger partial charge in [-0.3, -0.25) is 4.79 Å². The first-order chi connectivity index (χ1) is 13.2. The molecule has 4 nitrogen and oxygen atoms in total. The first-order valence-electron chi connectivity index (χ1n) is 9.99. The van der Waals surface area contributed by atoms with E-state index in [4.69, 9.17) is 4.42 Å². The molecule has 1 spiro atoms. The van der Waals surface area contributed by atoms with Crippen LogP contribution in [0, 0.1) is 5.41 Å². The van der Waals surface area contributed by atoms with Gasteiger partial charge < -0.3 is 14.2 Å². The summed E-state index contributed by atoms with van der Waals surface area (Å²) < 4.78 is 5.27. The molecule has 4 heteroatoms. The van der Waals surface area contributed by atoms with Gasteiger partial charge in [0.15, 0.2) is 0 Å². The Kier molecular flexibility index (Phi) is 5.44. The zero-order valence-electron chi connectivity index (χ0n) is 15.8. The number of amides is 1. The van der Waals surface area contributed by atoms with Crippen LogP contribution >= 0.6 is 0 Å². The van der Waals surface area contributed by atoms with Gasteiger partial charge in [-0.05, 0) is 56.0 Å². The highest BCUT2D eigenvalue weighted by Crippen LogP contribution is 2.39. The van der Waals surface area contributed by atoms with Crippen LogP contribution in [-0.2, 0) is 11.2 Å². The van der Waals surface area contributed by atoms with Gasteiger partial charge >= 0.3 is 0 Å². The van der Waals surface area contributed by atoms with Crippen molar-refractivity contribution >= 4 is 12.0 Å². The lowest BCUT2D eigenvalue weighted by molar-refractivity contribution is -0.125. The van der Waals surface area contributed by atoms with E-state index in [1.165, 1.54) is 24.9 Å². The molecule has 2 saturated heterocycles. The molecule has 3 heterocycles. The van der Waals surface area contributed by atoms with Crippen LogP contribution in [0.2, 0.25) is 0 Å². The average molecular weight is 364 g/mol. The first kappa shape index (κ1) is 18.1. The minimum atomic E-state index is 0.102. The van der Waals surface area contributed by atoms with Crippen molar-refractivity contribution in [3.05, 3.63) is 66.1 Å². The number of likely N-dealkylation sites (tertiary alicyclic amines) is 2. The number of carbonyl (C=O) groups is 1. The fourth-order valence-corrected chi connectivity index (χ4v) is 4.53. The maximum absolute atomic E-state index is 12.5. The largest absolute Gasteiger partial charge is 0.465 e. The van der Waals surface area contributed by atoms with Crippen LogP contribution in [0.4, 0.5) is 0 Å². The minimum Gasteiger partial charge on any atom is -0.465 e. The molecule has 2 aliphatic heterocycles. The predicted octanol–water partition coefficient (Wildman–Crippen LogP) is 3.85. The Hall–Kier alpha value is -2.33. The number of carbonyl (C=O) groups excluding carboxylic acids is 1. The average Bonchev–Trinajstić information content (AvgIpc) is 3.36. The number of nitrogens with zero attached hydrogens (tertiary/aromatic N) is 2. The minimum absolute atomic E-state index is 0.102. The number of rotatable bonds is 5. The van der Waals surface area contributed by atoms with Crippen molar-refractivity contribution in [2.24, 2.45) is 5.41 Å². The highest BCUT2D eigenvalue weighted by Gasteiger charge is 2.42. The lowest BCUT2D eigenvalue weighted by Gasteiger charge is -2.40. The van der Waals surface area contributed by atoms with Crippen LogP contribution in [0.3, 0.4) is 0 Å². The Morgan fingerprint density at radius 2 is 1.96 bits per heavy atom. The standard InChI is InChI=1S/C23H28N2O2/c26-22(10-9-21-8-4-17-27-21)25-16-13-23(19-25)12-5-14-24(18-23)15-11-20-6-2-1-3-7-20/h1-4,6-10,17H,5,11-16,18-19H2/b10-9+/t23-/m1/s1. The monoisotopic (exact) mass is 364 g/mol. The molecule has 1 aromatic heterocycles. The molecule has 2 aliphatic rings. The smallest absolute Gasteiger partial charge is 0.246 e. The summed E-state index contributed by atoms with van der Waals surface area (Å²) in [7, 11) is 0. The van der Waals surface area contributed by atoms with Crippen molar-refractivity contribution < 1.29 is 9.21 Å². The number of piperidine rings is 1. The number of benzene rings is 1. The lowest BCUT2D eigenvalue weighted by Crippen LogP contribution is -2.45. The molecule has 1 aromatic carbocycles. The third-order valence-corrected chi connectivity index (χ3v) is 5.98. The third kappa shape index (κ3) is 4.51. The molecular formula is C23H28N2O2. The Bertz CT molecular complexity index is 769. The second kappa shape index (κ2) is 8.13. The number of furan rings is 1. The second-order valence-corrected chi connectivity index (χ2v) is 7.97. The van der Waals surface area contributed by atoms with Crippen molar-refractivity contribution in [3.63, 3.8) is 0 Å². The van der Waals surface area contributed by atoms with Crippen LogP contribution < -0.4 is 0 Å². The van der Waals surface area contributed by atoms with Crippen LogP contribution in [-0.4, -0.2) is 48.4 Å².